The third-order valence-electron chi connectivity index (χ3n) is 10.9. The molecule has 0 saturated heterocycles. The first kappa shape index (κ1) is 60.2. The standard InChI is InChI=1S/C41H81O19P3/c1-3-5-7-9-11-13-15-17-19-21-23-25-27-29-34(42)55-31-33(57-35(43)30-28-26-24-22-20-18-16-14-12-10-8-6-4-2)32-56-63(53,54)60-39-36(44)37(45)40(58-61(47,48)49)41(38(39)46)59-62(50,51)52/h33,36-41,44-46H,3-32H2,1-2H3,(H,53,54)(H2,47,48,49)(H2,50,51,52)/t33-,36+,37-,38-,39+,40+,41+/m0/s1. The molecule has 1 unspecified atom stereocenters. The normalized spacial score (nSPS) is 22.1. The van der Waals surface area contributed by atoms with Gasteiger partial charge in [-0.2, -0.15) is 0 Å². The number of hydrogen-bond acceptors (Lipinski definition) is 14. The number of unbranched alkanes of at least 4 members (excludes halogenated alkanes) is 24. The van der Waals surface area contributed by atoms with E-state index in [0.29, 0.717) is 12.8 Å². The van der Waals surface area contributed by atoms with E-state index in [1.54, 1.807) is 0 Å². The van der Waals surface area contributed by atoms with Crippen LogP contribution in [0.2, 0.25) is 0 Å². The molecule has 1 aliphatic carbocycles. The van der Waals surface area contributed by atoms with Gasteiger partial charge >= 0.3 is 35.4 Å². The lowest BCUT2D eigenvalue weighted by molar-refractivity contribution is -0.213. The van der Waals surface area contributed by atoms with E-state index < -0.39 is 91.3 Å². The highest BCUT2D eigenvalue weighted by Crippen LogP contribution is 2.51. The van der Waals surface area contributed by atoms with Gasteiger partial charge in [-0.1, -0.05) is 168 Å². The summed E-state index contributed by atoms with van der Waals surface area (Å²) in [6.07, 6.45) is 12.7. The Morgan fingerprint density at radius 3 is 1.16 bits per heavy atom. The van der Waals surface area contributed by atoms with Crippen molar-refractivity contribution in [3.63, 3.8) is 0 Å². The maximum atomic E-state index is 13.1. The second-order valence-electron chi connectivity index (χ2n) is 16.7. The molecule has 8 N–H and O–H groups in total. The first-order valence-electron chi connectivity index (χ1n) is 23.3. The van der Waals surface area contributed by atoms with Gasteiger partial charge in [0.2, 0.25) is 0 Å². The minimum Gasteiger partial charge on any atom is -0.462 e. The molecule has 8 atom stereocenters. The summed E-state index contributed by atoms with van der Waals surface area (Å²) in [6.45, 7) is 2.94. The van der Waals surface area contributed by atoms with Crippen LogP contribution in [0.1, 0.15) is 194 Å². The Morgan fingerprint density at radius 2 is 0.778 bits per heavy atom. The molecular weight excluding hydrogens is 889 g/mol. The number of aliphatic hydroxyl groups excluding tert-OH is 3. The van der Waals surface area contributed by atoms with E-state index >= 15 is 0 Å². The summed E-state index contributed by atoms with van der Waals surface area (Å²) < 4.78 is 65.4. The zero-order valence-corrected chi connectivity index (χ0v) is 40.3. The molecule has 0 aromatic heterocycles. The summed E-state index contributed by atoms with van der Waals surface area (Å²) in [4.78, 5) is 73.1. The molecule has 0 heterocycles. The van der Waals surface area contributed by atoms with Gasteiger partial charge in [0.1, 0.15) is 43.2 Å². The largest absolute Gasteiger partial charge is 0.472 e. The topological polar surface area (TPSA) is 303 Å². The fraction of sp³-hybridized carbons (Fsp3) is 0.951. The molecular formula is C41H81O19P3. The Labute approximate surface area is 374 Å². The van der Waals surface area contributed by atoms with Crippen LogP contribution < -0.4 is 0 Å². The van der Waals surface area contributed by atoms with Crippen molar-refractivity contribution in [2.24, 2.45) is 0 Å². The van der Waals surface area contributed by atoms with Crippen LogP contribution in [-0.2, 0) is 50.9 Å². The smallest absolute Gasteiger partial charge is 0.462 e. The van der Waals surface area contributed by atoms with Crippen molar-refractivity contribution in [1.82, 2.24) is 0 Å². The quantitative estimate of drug-likeness (QED) is 0.0164. The number of phosphoric acid groups is 3. The van der Waals surface area contributed by atoms with Crippen LogP contribution in [0.5, 0.6) is 0 Å². The highest BCUT2D eigenvalue weighted by atomic mass is 31.2. The lowest BCUT2D eigenvalue weighted by Gasteiger charge is -2.44. The predicted octanol–water partition coefficient (Wildman–Crippen LogP) is 7.96. The fourth-order valence-electron chi connectivity index (χ4n) is 7.41. The van der Waals surface area contributed by atoms with Gasteiger partial charge in [0.05, 0.1) is 6.61 Å². The molecule has 1 fully saturated rings. The van der Waals surface area contributed by atoms with E-state index in [1.165, 1.54) is 103 Å². The molecule has 22 heteroatoms. The SMILES string of the molecule is CCCCCCCCCCCCCCCC(=O)OC[C@@H](COP(=O)(O)O[C@@H]1[C@H](O)[C@H](O)[C@@H](OP(=O)(O)O)[C@H](OP(=O)(O)O)[C@H]1O)OC(=O)CCCCCCCCCCCCCCC. The van der Waals surface area contributed by atoms with E-state index in [4.69, 9.17) is 18.5 Å². The van der Waals surface area contributed by atoms with E-state index in [9.17, 15) is 63.1 Å². The number of rotatable bonds is 40. The van der Waals surface area contributed by atoms with Gasteiger partial charge in [-0.3, -0.25) is 27.7 Å². The number of ether oxygens (including phenoxy) is 2. The lowest BCUT2D eigenvalue weighted by atomic mass is 9.85. The van der Waals surface area contributed by atoms with Crippen molar-refractivity contribution in [1.29, 1.82) is 0 Å². The maximum Gasteiger partial charge on any atom is 0.472 e. The number of phosphoric ester groups is 3. The summed E-state index contributed by atoms with van der Waals surface area (Å²) in [5, 5.41) is 31.8. The number of esters is 2. The Balaban J connectivity index is 2.74. The van der Waals surface area contributed by atoms with Gasteiger partial charge in [-0.05, 0) is 12.8 Å². The molecule has 0 bridgehead atoms. The predicted molar refractivity (Wildman–Crippen MR) is 234 cm³/mol. The Bertz CT molecular complexity index is 1350. The van der Waals surface area contributed by atoms with Crippen molar-refractivity contribution >= 4 is 35.4 Å². The Morgan fingerprint density at radius 1 is 0.444 bits per heavy atom. The highest BCUT2D eigenvalue weighted by molar-refractivity contribution is 7.47. The molecule has 0 spiro atoms. The van der Waals surface area contributed by atoms with E-state index in [0.717, 1.165) is 51.4 Å². The minimum absolute atomic E-state index is 0.00556. The average molecular weight is 971 g/mol. The summed E-state index contributed by atoms with van der Waals surface area (Å²) in [5.74, 6) is -1.28. The summed E-state index contributed by atoms with van der Waals surface area (Å²) in [5.41, 5.74) is 0. The van der Waals surface area contributed by atoms with Gasteiger partial charge in [0.25, 0.3) is 0 Å². The van der Waals surface area contributed by atoms with Crippen LogP contribution in [-0.4, -0.2) is 108 Å². The molecule has 1 saturated carbocycles. The van der Waals surface area contributed by atoms with Crippen molar-refractivity contribution < 1.29 is 90.6 Å². The van der Waals surface area contributed by atoms with Crippen molar-refractivity contribution in [2.45, 2.75) is 236 Å². The molecule has 0 amide bonds. The monoisotopic (exact) mass is 970 g/mol. The van der Waals surface area contributed by atoms with Gasteiger partial charge in [-0.25, -0.2) is 13.7 Å². The maximum absolute atomic E-state index is 13.1. The van der Waals surface area contributed by atoms with Crippen LogP contribution >= 0.6 is 23.5 Å². The molecule has 1 rings (SSSR count). The van der Waals surface area contributed by atoms with Crippen LogP contribution in [0, 0.1) is 0 Å². The Hall–Kier alpha value is -0.850. The molecule has 374 valence electrons. The van der Waals surface area contributed by atoms with Gasteiger partial charge < -0.3 is 49.3 Å². The lowest BCUT2D eigenvalue weighted by Crippen LogP contribution is -2.65. The van der Waals surface area contributed by atoms with Crippen LogP contribution in [0.15, 0.2) is 0 Å². The van der Waals surface area contributed by atoms with Crippen molar-refractivity contribution in [3.8, 4) is 0 Å². The van der Waals surface area contributed by atoms with E-state index in [1.807, 2.05) is 0 Å². The van der Waals surface area contributed by atoms with Gasteiger partial charge in [0.15, 0.2) is 6.10 Å². The molecule has 0 radical (unpaired) electrons. The van der Waals surface area contributed by atoms with Crippen LogP contribution in [0.25, 0.3) is 0 Å². The molecule has 19 nitrogen and oxygen atoms in total. The number of carbonyl (C=O) groups is 2. The number of carbonyl (C=O) groups excluding carboxylic acids is 2. The number of aliphatic hydroxyl groups is 3. The fourth-order valence-corrected chi connectivity index (χ4v) is 9.50. The second-order valence-corrected chi connectivity index (χ2v) is 20.5. The van der Waals surface area contributed by atoms with Crippen LogP contribution in [0.4, 0.5) is 0 Å². The van der Waals surface area contributed by atoms with E-state index in [2.05, 4.69) is 22.9 Å². The van der Waals surface area contributed by atoms with Crippen molar-refractivity contribution in [3.05, 3.63) is 0 Å². The second kappa shape index (κ2) is 34.4. The molecule has 1 aliphatic rings. The first-order chi connectivity index (χ1) is 29.8. The summed E-state index contributed by atoms with van der Waals surface area (Å²) in [7, 11) is -16.6. The summed E-state index contributed by atoms with van der Waals surface area (Å²) in [6, 6.07) is 0. The molecule has 63 heavy (non-hydrogen) atoms. The highest BCUT2D eigenvalue weighted by Gasteiger charge is 2.56. The number of hydrogen-bond donors (Lipinski definition) is 8. The average Bonchev–Trinajstić information content (AvgIpc) is 3.20. The third-order valence-corrected chi connectivity index (χ3v) is 12.9. The van der Waals surface area contributed by atoms with E-state index in [-0.39, 0.29) is 12.8 Å². The first-order valence-corrected chi connectivity index (χ1v) is 27.9. The van der Waals surface area contributed by atoms with Gasteiger partial charge in [-0.15, -0.1) is 0 Å². The molecule has 0 aromatic carbocycles. The Kier molecular flexibility index (Phi) is 32.9. The minimum atomic E-state index is -5.59. The van der Waals surface area contributed by atoms with Crippen LogP contribution in [0.3, 0.4) is 0 Å². The third kappa shape index (κ3) is 30.9. The summed E-state index contributed by atoms with van der Waals surface area (Å²) >= 11 is 0. The molecule has 0 aliphatic heterocycles. The van der Waals surface area contributed by atoms with Crippen molar-refractivity contribution in [2.75, 3.05) is 13.2 Å². The van der Waals surface area contributed by atoms with Gasteiger partial charge in [0, 0.05) is 12.8 Å². The molecule has 0 aromatic rings. The zero-order valence-electron chi connectivity index (χ0n) is 37.7. The zero-order chi connectivity index (χ0) is 47.2.